The molecule has 0 bridgehead atoms. The van der Waals surface area contributed by atoms with Crippen LogP contribution in [0, 0.1) is 12.8 Å². The van der Waals surface area contributed by atoms with Crippen LogP contribution in [0.3, 0.4) is 0 Å². The number of aryl methyl sites for hydroxylation is 1. The minimum absolute atomic E-state index is 0.102. The normalized spacial score (nSPS) is 20.5. The Morgan fingerprint density at radius 3 is 2.63 bits per heavy atom. The summed E-state index contributed by atoms with van der Waals surface area (Å²) in [6.07, 6.45) is 4.57. The van der Waals surface area contributed by atoms with Crippen molar-refractivity contribution in [3.8, 4) is 0 Å². The van der Waals surface area contributed by atoms with Crippen LogP contribution in [0.5, 0.6) is 0 Å². The lowest BCUT2D eigenvalue weighted by Crippen LogP contribution is -2.43. The van der Waals surface area contributed by atoms with E-state index >= 15 is 0 Å². The second kappa shape index (κ2) is 10.3. The molecule has 1 aromatic carbocycles. The predicted molar refractivity (Wildman–Crippen MR) is 123 cm³/mol. The highest BCUT2D eigenvalue weighted by Crippen LogP contribution is 2.26. The Morgan fingerprint density at radius 1 is 1.17 bits per heavy atom. The van der Waals surface area contributed by atoms with Crippen LogP contribution in [0.2, 0.25) is 4.34 Å². The van der Waals surface area contributed by atoms with Crippen molar-refractivity contribution in [2.45, 2.75) is 45.3 Å². The topological polar surface area (TPSA) is 32.8 Å². The van der Waals surface area contributed by atoms with Gasteiger partial charge in [0.25, 0.3) is 5.91 Å². The summed E-state index contributed by atoms with van der Waals surface area (Å²) in [5, 5.41) is 0. The molecule has 2 saturated heterocycles. The summed E-state index contributed by atoms with van der Waals surface area (Å²) in [5.41, 5.74) is 2.78. The number of hydrogen-bond donors (Lipinski definition) is 0. The molecule has 2 fully saturated rings. The number of benzene rings is 1. The van der Waals surface area contributed by atoms with E-state index in [1.807, 2.05) is 17.0 Å². The highest BCUT2D eigenvalue weighted by Gasteiger charge is 2.28. The molecule has 6 heteroatoms. The van der Waals surface area contributed by atoms with Crippen molar-refractivity contribution in [2.24, 2.45) is 5.92 Å². The standard InChI is InChI=1S/C24H31ClN2O2S/c1-18-5-2-3-6-20(18)16-26-12-10-19(11-13-26)15-27(17-21-7-4-14-29-21)24(28)22-8-9-23(25)30-22/h2-3,5-6,8-9,19,21H,4,7,10-17H2,1H3/t21-/m1/s1. The van der Waals surface area contributed by atoms with Crippen LogP contribution < -0.4 is 0 Å². The molecule has 2 aromatic rings. The van der Waals surface area contributed by atoms with Crippen molar-refractivity contribution >= 4 is 28.8 Å². The molecule has 1 amide bonds. The maximum atomic E-state index is 13.2. The van der Waals surface area contributed by atoms with Crippen molar-refractivity contribution in [1.29, 1.82) is 0 Å². The molecule has 1 aromatic heterocycles. The quantitative estimate of drug-likeness (QED) is 0.582. The van der Waals surface area contributed by atoms with Gasteiger partial charge in [0.05, 0.1) is 15.3 Å². The monoisotopic (exact) mass is 446 g/mol. The first-order valence-electron chi connectivity index (χ1n) is 11.0. The zero-order valence-electron chi connectivity index (χ0n) is 17.7. The molecule has 0 spiro atoms. The van der Waals surface area contributed by atoms with Gasteiger partial charge in [0, 0.05) is 26.2 Å². The first-order valence-corrected chi connectivity index (χ1v) is 12.2. The van der Waals surface area contributed by atoms with E-state index in [1.54, 1.807) is 0 Å². The van der Waals surface area contributed by atoms with E-state index in [0.717, 1.165) is 63.3 Å². The summed E-state index contributed by atoms with van der Waals surface area (Å²) < 4.78 is 6.50. The first-order chi connectivity index (χ1) is 14.6. The number of carbonyl (C=O) groups excluding carboxylic acids is 1. The molecular weight excluding hydrogens is 416 g/mol. The van der Waals surface area contributed by atoms with Crippen molar-refractivity contribution in [2.75, 3.05) is 32.8 Å². The molecular formula is C24H31ClN2O2S. The van der Waals surface area contributed by atoms with E-state index in [4.69, 9.17) is 16.3 Å². The zero-order valence-corrected chi connectivity index (χ0v) is 19.3. The Kier molecular flexibility index (Phi) is 7.47. The van der Waals surface area contributed by atoms with E-state index in [9.17, 15) is 4.79 Å². The molecule has 30 heavy (non-hydrogen) atoms. The summed E-state index contributed by atoms with van der Waals surface area (Å²) in [5.74, 6) is 0.642. The number of amides is 1. The van der Waals surface area contributed by atoms with Crippen molar-refractivity contribution in [3.63, 3.8) is 0 Å². The summed E-state index contributed by atoms with van der Waals surface area (Å²) in [4.78, 5) is 18.5. The Bertz CT molecular complexity index is 841. The van der Waals surface area contributed by atoms with Gasteiger partial charge in [-0.1, -0.05) is 35.9 Å². The molecule has 162 valence electrons. The average Bonchev–Trinajstić information content (AvgIpc) is 3.42. The first kappa shape index (κ1) is 21.8. The molecule has 0 N–H and O–H groups in total. The van der Waals surface area contributed by atoms with Gasteiger partial charge in [-0.3, -0.25) is 9.69 Å². The Balaban J connectivity index is 1.34. The second-order valence-corrected chi connectivity index (χ2v) is 10.3. The number of rotatable bonds is 7. The number of carbonyl (C=O) groups is 1. The molecule has 2 aliphatic heterocycles. The van der Waals surface area contributed by atoms with Gasteiger partial charge in [0.2, 0.25) is 0 Å². The van der Waals surface area contributed by atoms with Crippen molar-refractivity contribution < 1.29 is 9.53 Å². The Labute approximate surface area is 188 Å². The largest absolute Gasteiger partial charge is 0.376 e. The van der Waals surface area contributed by atoms with Crippen LogP contribution >= 0.6 is 22.9 Å². The number of likely N-dealkylation sites (tertiary alicyclic amines) is 1. The number of thiophene rings is 1. The van der Waals surface area contributed by atoms with Crippen LogP contribution in [0.15, 0.2) is 36.4 Å². The smallest absolute Gasteiger partial charge is 0.264 e. The van der Waals surface area contributed by atoms with Crippen molar-refractivity contribution in [3.05, 3.63) is 56.7 Å². The number of nitrogens with zero attached hydrogens (tertiary/aromatic N) is 2. The van der Waals surface area contributed by atoms with Crippen LogP contribution in [-0.2, 0) is 11.3 Å². The van der Waals surface area contributed by atoms with Gasteiger partial charge in [0.1, 0.15) is 0 Å². The lowest BCUT2D eigenvalue weighted by molar-refractivity contribution is 0.0448. The molecule has 0 unspecified atom stereocenters. The number of hydrogen-bond acceptors (Lipinski definition) is 4. The molecule has 1 atom stereocenters. The lowest BCUT2D eigenvalue weighted by Gasteiger charge is -2.35. The van der Waals surface area contributed by atoms with E-state index in [0.29, 0.717) is 16.8 Å². The average molecular weight is 447 g/mol. The molecule has 4 nitrogen and oxygen atoms in total. The van der Waals surface area contributed by atoms with Crippen LogP contribution in [-0.4, -0.2) is 54.6 Å². The van der Waals surface area contributed by atoms with Crippen molar-refractivity contribution in [1.82, 2.24) is 9.80 Å². The Hall–Kier alpha value is -1.40. The second-order valence-electron chi connectivity index (χ2n) is 8.59. The van der Waals surface area contributed by atoms with Crippen LogP contribution in [0.1, 0.15) is 46.5 Å². The maximum Gasteiger partial charge on any atom is 0.264 e. The predicted octanol–water partition coefficient (Wildman–Crippen LogP) is 5.24. The lowest BCUT2D eigenvalue weighted by atomic mass is 9.95. The summed E-state index contributed by atoms with van der Waals surface area (Å²) in [6, 6.07) is 12.3. The van der Waals surface area contributed by atoms with E-state index in [-0.39, 0.29) is 12.0 Å². The van der Waals surface area contributed by atoms with Gasteiger partial charge >= 0.3 is 0 Å². The van der Waals surface area contributed by atoms with Gasteiger partial charge in [-0.25, -0.2) is 0 Å². The molecule has 0 saturated carbocycles. The minimum atomic E-state index is 0.102. The maximum absolute atomic E-state index is 13.2. The van der Waals surface area contributed by atoms with Crippen LogP contribution in [0.4, 0.5) is 0 Å². The summed E-state index contributed by atoms with van der Waals surface area (Å²) in [6.45, 7) is 7.70. The third kappa shape index (κ3) is 5.64. The molecule has 4 rings (SSSR count). The molecule has 3 heterocycles. The van der Waals surface area contributed by atoms with Gasteiger partial charge in [-0.15, -0.1) is 11.3 Å². The molecule has 0 radical (unpaired) electrons. The molecule has 2 aliphatic rings. The fourth-order valence-corrected chi connectivity index (χ4v) is 5.54. The number of ether oxygens (including phenoxy) is 1. The highest BCUT2D eigenvalue weighted by molar-refractivity contribution is 7.17. The van der Waals surface area contributed by atoms with Gasteiger partial charge in [-0.05, 0) is 74.9 Å². The summed E-state index contributed by atoms with van der Waals surface area (Å²) >= 11 is 7.45. The van der Waals surface area contributed by atoms with E-state index in [1.165, 1.54) is 22.5 Å². The number of halogens is 1. The Morgan fingerprint density at radius 2 is 1.97 bits per heavy atom. The number of piperidine rings is 1. The summed E-state index contributed by atoms with van der Waals surface area (Å²) in [7, 11) is 0. The third-order valence-electron chi connectivity index (χ3n) is 6.36. The van der Waals surface area contributed by atoms with Crippen LogP contribution in [0.25, 0.3) is 0 Å². The molecule has 0 aliphatic carbocycles. The highest BCUT2D eigenvalue weighted by atomic mass is 35.5. The van der Waals surface area contributed by atoms with Gasteiger partial charge in [0.15, 0.2) is 0 Å². The minimum Gasteiger partial charge on any atom is -0.376 e. The third-order valence-corrected chi connectivity index (χ3v) is 7.58. The van der Waals surface area contributed by atoms with E-state index < -0.39 is 0 Å². The fourth-order valence-electron chi connectivity index (χ4n) is 4.53. The van der Waals surface area contributed by atoms with Gasteiger partial charge in [-0.2, -0.15) is 0 Å². The zero-order chi connectivity index (χ0) is 20.9. The fraction of sp³-hybridized carbons (Fsp3) is 0.542. The van der Waals surface area contributed by atoms with E-state index in [2.05, 4.69) is 36.1 Å². The van der Waals surface area contributed by atoms with Gasteiger partial charge < -0.3 is 9.64 Å². The SMILES string of the molecule is Cc1ccccc1CN1CCC(CN(C[C@H]2CCCO2)C(=O)c2ccc(Cl)s2)CC1.